The predicted molar refractivity (Wildman–Crippen MR) is 56.7 cm³/mol. The molecule has 0 aliphatic rings. The van der Waals surface area contributed by atoms with Gasteiger partial charge in [-0.2, -0.15) is 5.10 Å². The molecule has 15 heavy (non-hydrogen) atoms. The largest absolute Gasteiger partial charge is 0.313 e. The SMILES string of the molecule is CCNCc1cnn(CC)c1S(N)(=O)=O. The maximum atomic E-state index is 11.3. The third kappa shape index (κ3) is 2.77. The molecule has 0 amide bonds. The van der Waals surface area contributed by atoms with Crippen molar-refractivity contribution in [1.29, 1.82) is 0 Å². The zero-order chi connectivity index (χ0) is 11.5. The summed E-state index contributed by atoms with van der Waals surface area (Å²) in [4.78, 5) is 0. The molecular weight excluding hydrogens is 216 g/mol. The number of sulfonamides is 1. The minimum absolute atomic E-state index is 0.103. The molecule has 0 fully saturated rings. The molecule has 1 rings (SSSR count). The molecule has 0 saturated heterocycles. The molecule has 0 bridgehead atoms. The van der Waals surface area contributed by atoms with Crippen LogP contribution in [0.4, 0.5) is 0 Å². The van der Waals surface area contributed by atoms with Gasteiger partial charge in [0.15, 0.2) is 5.03 Å². The van der Waals surface area contributed by atoms with Gasteiger partial charge in [0.1, 0.15) is 0 Å². The van der Waals surface area contributed by atoms with E-state index in [1.807, 2.05) is 13.8 Å². The minimum atomic E-state index is -3.70. The molecule has 0 unspecified atom stereocenters. The lowest BCUT2D eigenvalue weighted by Gasteiger charge is -2.05. The fourth-order valence-electron chi connectivity index (χ4n) is 1.35. The van der Waals surface area contributed by atoms with Crippen molar-refractivity contribution in [1.82, 2.24) is 15.1 Å². The monoisotopic (exact) mass is 232 g/mol. The van der Waals surface area contributed by atoms with Crippen LogP contribution in [0.15, 0.2) is 11.2 Å². The molecule has 7 heteroatoms. The lowest BCUT2D eigenvalue weighted by atomic mass is 10.3. The molecule has 0 aliphatic heterocycles. The Morgan fingerprint density at radius 2 is 2.20 bits per heavy atom. The smallest absolute Gasteiger partial charge is 0.255 e. The zero-order valence-electron chi connectivity index (χ0n) is 8.90. The highest BCUT2D eigenvalue weighted by Crippen LogP contribution is 2.13. The van der Waals surface area contributed by atoms with Crippen molar-refractivity contribution in [3.05, 3.63) is 11.8 Å². The van der Waals surface area contributed by atoms with E-state index in [4.69, 9.17) is 5.14 Å². The Bertz CT molecular complexity index is 424. The summed E-state index contributed by atoms with van der Waals surface area (Å²) in [6.07, 6.45) is 1.53. The van der Waals surface area contributed by atoms with Crippen LogP contribution in [-0.4, -0.2) is 24.7 Å². The van der Waals surface area contributed by atoms with Crippen LogP contribution in [0.1, 0.15) is 19.4 Å². The van der Waals surface area contributed by atoms with E-state index in [2.05, 4.69) is 10.4 Å². The van der Waals surface area contributed by atoms with Crippen LogP contribution >= 0.6 is 0 Å². The van der Waals surface area contributed by atoms with Crippen LogP contribution < -0.4 is 10.5 Å². The number of primary sulfonamides is 1. The summed E-state index contributed by atoms with van der Waals surface area (Å²) >= 11 is 0. The molecule has 6 nitrogen and oxygen atoms in total. The third-order valence-electron chi connectivity index (χ3n) is 2.00. The van der Waals surface area contributed by atoms with Crippen LogP contribution in [0, 0.1) is 0 Å². The maximum absolute atomic E-state index is 11.3. The second-order valence-electron chi connectivity index (χ2n) is 3.12. The van der Waals surface area contributed by atoms with Crippen molar-refractivity contribution in [2.24, 2.45) is 5.14 Å². The second-order valence-corrected chi connectivity index (χ2v) is 4.59. The number of hydrogen-bond donors (Lipinski definition) is 2. The molecule has 0 aromatic carbocycles. The van der Waals surface area contributed by atoms with Crippen molar-refractivity contribution in [2.75, 3.05) is 6.54 Å². The van der Waals surface area contributed by atoms with Crippen LogP contribution in [0.25, 0.3) is 0 Å². The molecule has 86 valence electrons. The van der Waals surface area contributed by atoms with Gasteiger partial charge in [0.25, 0.3) is 10.0 Å². The molecule has 1 aromatic heterocycles. The van der Waals surface area contributed by atoms with Crippen molar-refractivity contribution < 1.29 is 8.42 Å². The summed E-state index contributed by atoms with van der Waals surface area (Å²) in [5.74, 6) is 0. The highest BCUT2D eigenvalue weighted by molar-refractivity contribution is 7.89. The fourth-order valence-corrected chi connectivity index (χ4v) is 2.31. The van der Waals surface area contributed by atoms with Crippen molar-refractivity contribution >= 4 is 10.0 Å². The highest BCUT2D eigenvalue weighted by Gasteiger charge is 2.19. The van der Waals surface area contributed by atoms with Crippen molar-refractivity contribution in [3.63, 3.8) is 0 Å². The van der Waals surface area contributed by atoms with E-state index in [0.29, 0.717) is 18.7 Å². The number of aromatic nitrogens is 2. The number of hydrogen-bond acceptors (Lipinski definition) is 4. The van der Waals surface area contributed by atoms with Crippen LogP contribution in [0.3, 0.4) is 0 Å². The van der Waals surface area contributed by atoms with Gasteiger partial charge in [0.05, 0.1) is 6.20 Å². The first-order valence-electron chi connectivity index (χ1n) is 4.78. The molecular formula is C8H16N4O2S. The standard InChI is InChI=1S/C8H16N4O2S/c1-3-10-5-7-6-11-12(4-2)8(7)15(9,13)14/h6,10H,3-5H2,1-2H3,(H2,9,13,14). The Hall–Kier alpha value is -0.920. The van der Waals surface area contributed by atoms with Gasteiger partial charge in [-0.25, -0.2) is 13.6 Å². The van der Waals surface area contributed by atoms with Gasteiger partial charge in [-0.15, -0.1) is 0 Å². The van der Waals surface area contributed by atoms with Crippen LogP contribution in [0.2, 0.25) is 0 Å². The first kappa shape index (κ1) is 12.2. The molecule has 0 spiro atoms. The van der Waals surface area contributed by atoms with E-state index in [9.17, 15) is 8.42 Å². The topological polar surface area (TPSA) is 90.0 Å². The third-order valence-corrected chi connectivity index (χ3v) is 3.01. The number of rotatable bonds is 5. The summed E-state index contributed by atoms with van der Waals surface area (Å²) in [6.45, 7) is 5.47. The Labute approximate surface area is 89.5 Å². The Balaban J connectivity index is 3.12. The average Bonchev–Trinajstić information content (AvgIpc) is 2.56. The molecule has 0 atom stereocenters. The zero-order valence-corrected chi connectivity index (χ0v) is 9.71. The molecule has 1 heterocycles. The van der Waals surface area contributed by atoms with Gasteiger partial charge >= 0.3 is 0 Å². The summed E-state index contributed by atoms with van der Waals surface area (Å²) in [5.41, 5.74) is 0.612. The number of nitrogens with two attached hydrogens (primary N) is 1. The van der Waals surface area contributed by atoms with E-state index in [1.54, 1.807) is 0 Å². The first-order valence-corrected chi connectivity index (χ1v) is 6.33. The van der Waals surface area contributed by atoms with Crippen LogP contribution in [0.5, 0.6) is 0 Å². The molecule has 1 aromatic rings. The van der Waals surface area contributed by atoms with Gasteiger partial charge in [-0.05, 0) is 13.5 Å². The number of nitrogens with zero attached hydrogens (tertiary/aromatic N) is 2. The number of nitrogens with one attached hydrogen (secondary N) is 1. The molecule has 0 saturated carbocycles. The van der Waals surface area contributed by atoms with Gasteiger partial charge in [-0.3, -0.25) is 4.68 Å². The van der Waals surface area contributed by atoms with Gasteiger partial charge in [-0.1, -0.05) is 6.92 Å². The molecule has 3 N–H and O–H groups in total. The second kappa shape index (κ2) is 4.73. The average molecular weight is 232 g/mol. The summed E-state index contributed by atoms with van der Waals surface area (Å²) in [7, 11) is -3.70. The fraction of sp³-hybridized carbons (Fsp3) is 0.625. The van der Waals surface area contributed by atoms with E-state index < -0.39 is 10.0 Å². The number of aryl methyl sites for hydroxylation is 1. The first-order chi connectivity index (χ1) is 7.00. The Morgan fingerprint density at radius 3 is 2.67 bits per heavy atom. The molecule has 0 radical (unpaired) electrons. The van der Waals surface area contributed by atoms with E-state index in [0.717, 1.165) is 6.54 Å². The lowest BCUT2D eigenvalue weighted by Crippen LogP contribution is -2.21. The maximum Gasteiger partial charge on any atom is 0.255 e. The Morgan fingerprint density at radius 1 is 1.53 bits per heavy atom. The van der Waals surface area contributed by atoms with Crippen LogP contribution in [-0.2, 0) is 23.1 Å². The Kier molecular flexibility index (Phi) is 3.83. The normalized spacial score (nSPS) is 11.9. The minimum Gasteiger partial charge on any atom is -0.313 e. The lowest BCUT2D eigenvalue weighted by molar-refractivity contribution is 0.549. The van der Waals surface area contributed by atoms with E-state index in [-0.39, 0.29) is 5.03 Å². The van der Waals surface area contributed by atoms with Gasteiger partial charge in [0.2, 0.25) is 0 Å². The van der Waals surface area contributed by atoms with Crippen molar-refractivity contribution in [2.45, 2.75) is 32.0 Å². The summed E-state index contributed by atoms with van der Waals surface area (Å²) in [5, 5.41) is 12.2. The molecule has 0 aliphatic carbocycles. The van der Waals surface area contributed by atoms with E-state index >= 15 is 0 Å². The van der Waals surface area contributed by atoms with Crippen molar-refractivity contribution in [3.8, 4) is 0 Å². The van der Waals surface area contributed by atoms with Gasteiger partial charge < -0.3 is 5.32 Å². The van der Waals surface area contributed by atoms with E-state index in [1.165, 1.54) is 10.9 Å². The summed E-state index contributed by atoms with van der Waals surface area (Å²) in [6, 6.07) is 0. The quantitative estimate of drug-likeness (QED) is 0.726. The highest BCUT2D eigenvalue weighted by atomic mass is 32.2. The predicted octanol–water partition coefficient (Wildman–Crippen LogP) is -0.340. The van der Waals surface area contributed by atoms with Gasteiger partial charge in [0, 0.05) is 18.7 Å². The summed E-state index contributed by atoms with van der Waals surface area (Å²) < 4.78 is 24.1.